The first-order valence-corrected chi connectivity index (χ1v) is 9.20. The third-order valence-electron chi connectivity index (χ3n) is 5.11. The second-order valence-corrected chi connectivity index (χ2v) is 6.86. The molecule has 1 saturated heterocycles. The van der Waals surface area contributed by atoms with E-state index in [1.54, 1.807) is 13.3 Å². The van der Waals surface area contributed by atoms with Crippen LogP contribution in [0, 0.1) is 0 Å². The maximum absolute atomic E-state index is 12.8. The van der Waals surface area contributed by atoms with Crippen LogP contribution in [0.5, 0.6) is 0 Å². The topological polar surface area (TPSA) is 69.3 Å². The number of imidazole rings is 1. The fraction of sp³-hybridized carbons (Fsp3) is 0.286. The quantitative estimate of drug-likeness (QED) is 0.762. The standard InChI is InChI=1S/C21H22N4O2/c1-15(26)24-9-2-10-25(12-11-24)21(27)17-5-3-16(4-6-17)18-7-8-19-20(13-18)23-14-22-19/h3-8,13-14H,2,9-12H2,1H3,(H,22,23). The van der Waals surface area contributed by atoms with Gasteiger partial charge in [-0.25, -0.2) is 4.98 Å². The highest BCUT2D eigenvalue weighted by Crippen LogP contribution is 2.23. The maximum Gasteiger partial charge on any atom is 0.253 e. The number of benzene rings is 2. The fourth-order valence-corrected chi connectivity index (χ4v) is 3.54. The lowest BCUT2D eigenvalue weighted by atomic mass is 10.0. The van der Waals surface area contributed by atoms with E-state index in [0.29, 0.717) is 31.7 Å². The van der Waals surface area contributed by atoms with Crippen LogP contribution in [-0.4, -0.2) is 57.8 Å². The molecule has 1 fully saturated rings. The van der Waals surface area contributed by atoms with Crippen LogP contribution in [-0.2, 0) is 4.79 Å². The molecule has 0 saturated carbocycles. The molecular weight excluding hydrogens is 340 g/mol. The fourth-order valence-electron chi connectivity index (χ4n) is 3.54. The first kappa shape index (κ1) is 17.3. The first-order valence-electron chi connectivity index (χ1n) is 9.20. The molecule has 2 aromatic carbocycles. The number of rotatable bonds is 2. The number of carbonyl (C=O) groups is 2. The van der Waals surface area contributed by atoms with Crippen molar-refractivity contribution in [1.29, 1.82) is 0 Å². The minimum atomic E-state index is 0.0240. The predicted octanol–water partition coefficient (Wildman–Crippen LogP) is 2.92. The summed E-state index contributed by atoms with van der Waals surface area (Å²) in [6, 6.07) is 13.8. The normalized spacial score (nSPS) is 15.0. The van der Waals surface area contributed by atoms with Gasteiger partial charge >= 0.3 is 0 Å². The van der Waals surface area contributed by atoms with Gasteiger partial charge in [0, 0.05) is 38.7 Å². The Hall–Kier alpha value is -3.15. The van der Waals surface area contributed by atoms with Crippen LogP contribution < -0.4 is 0 Å². The molecule has 6 nitrogen and oxygen atoms in total. The minimum absolute atomic E-state index is 0.0240. The van der Waals surface area contributed by atoms with Gasteiger partial charge < -0.3 is 14.8 Å². The van der Waals surface area contributed by atoms with Gasteiger partial charge in [-0.3, -0.25) is 9.59 Å². The maximum atomic E-state index is 12.8. The minimum Gasteiger partial charge on any atom is -0.345 e. The average Bonchev–Trinajstić information content (AvgIpc) is 3.01. The van der Waals surface area contributed by atoms with E-state index in [9.17, 15) is 9.59 Å². The van der Waals surface area contributed by atoms with E-state index in [4.69, 9.17) is 0 Å². The van der Waals surface area contributed by atoms with E-state index in [-0.39, 0.29) is 11.8 Å². The van der Waals surface area contributed by atoms with Gasteiger partial charge in [-0.05, 0) is 41.8 Å². The summed E-state index contributed by atoms with van der Waals surface area (Å²) in [4.78, 5) is 35.4. The van der Waals surface area contributed by atoms with Crippen LogP contribution in [0.3, 0.4) is 0 Å². The Labute approximate surface area is 157 Å². The molecule has 0 bridgehead atoms. The number of aromatic nitrogens is 2. The number of hydrogen-bond acceptors (Lipinski definition) is 3. The molecule has 6 heteroatoms. The van der Waals surface area contributed by atoms with Crippen molar-refractivity contribution in [3.05, 3.63) is 54.4 Å². The number of carbonyl (C=O) groups excluding carboxylic acids is 2. The molecule has 2 amide bonds. The van der Waals surface area contributed by atoms with Gasteiger partial charge in [-0.15, -0.1) is 0 Å². The SMILES string of the molecule is CC(=O)N1CCCN(C(=O)c2ccc(-c3ccc4nc[nH]c4c3)cc2)CC1. The lowest BCUT2D eigenvalue weighted by Gasteiger charge is -2.21. The molecule has 0 unspecified atom stereocenters. The molecule has 0 aliphatic carbocycles. The van der Waals surface area contributed by atoms with Gasteiger partial charge in [-0.1, -0.05) is 18.2 Å². The summed E-state index contributed by atoms with van der Waals surface area (Å²) in [5, 5.41) is 0. The summed E-state index contributed by atoms with van der Waals surface area (Å²) >= 11 is 0. The highest BCUT2D eigenvalue weighted by atomic mass is 16.2. The second kappa shape index (κ2) is 7.23. The molecule has 1 N–H and O–H groups in total. The van der Waals surface area contributed by atoms with Crippen LogP contribution in [0.1, 0.15) is 23.7 Å². The zero-order chi connectivity index (χ0) is 18.8. The Morgan fingerprint density at radius 2 is 1.63 bits per heavy atom. The van der Waals surface area contributed by atoms with Crippen molar-refractivity contribution < 1.29 is 9.59 Å². The summed E-state index contributed by atoms with van der Waals surface area (Å²) < 4.78 is 0. The van der Waals surface area contributed by atoms with Crippen molar-refractivity contribution in [3.8, 4) is 11.1 Å². The van der Waals surface area contributed by atoms with E-state index in [0.717, 1.165) is 28.6 Å². The summed E-state index contributed by atoms with van der Waals surface area (Å²) in [5.41, 5.74) is 4.75. The van der Waals surface area contributed by atoms with Crippen LogP contribution in [0.4, 0.5) is 0 Å². The first-order chi connectivity index (χ1) is 13.1. The zero-order valence-corrected chi connectivity index (χ0v) is 15.3. The van der Waals surface area contributed by atoms with Gasteiger partial charge in [0.25, 0.3) is 5.91 Å². The van der Waals surface area contributed by atoms with Crippen molar-refractivity contribution in [3.63, 3.8) is 0 Å². The summed E-state index contributed by atoms with van der Waals surface area (Å²) in [7, 11) is 0. The Kier molecular flexibility index (Phi) is 4.62. The van der Waals surface area contributed by atoms with E-state index in [1.165, 1.54) is 0 Å². The molecule has 138 valence electrons. The van der Waals surface area contributed by atoms with E-state index < -0.39 is 0 Å². The molecule has 3 aromatic rings. The highest BCUT2D eigenvalue weighted by Gasteiger charge is 2.21. The van der Waals surface area contributed by atoms with Gasteiger partial charge in [0.1, 0.15) is 0 Å². The third-order valence-corrected chi connectivity index (χ3v) is 5.11. The lowest BCUT2D eigenvalue weighted by molar-refractivity contribution is -0.128. The second-order valence-electron chi connectivity index (χ2n) is 6.86. The van der Waals surface area contributed by atoms with Crippen LogP contribution in [0.2, 0.25) is 0 Å². The number of fused-ring (bicyclic) bond motifs is 1. The Morgan fingerprint density at radius 3 is 2.41 bits per heavy atom. The molecule has 1 aromatic heterocycles. The average molecular weight is 362 g/mol. The van der Waals surface area contributed by atoms with Gasteiger partial charge in [0.2, 0.25) is 5.91 Å². The van der Waals surface area contributed by atoms with Crippen molar-refractivity contribution in [1.82, 2.24) is 19.8 Å². The third kappa shape index (κ3) is 3.56. The highest BCUT2D eigenvalue weighted by molar-refractivity contribution is 5.95. The monoisotopic (exact) mass is 362 g/mol. The van der Waals surface area contributed by atoms with Crippen LogP contribution >= 0.6 is 0 Å². The van der Waals surface area contributed by atoms with E-state index >= 15 is 0 Å². The molecule has 27 heavy (non-hydrogen) atoms. The molecule has 1 aliphatic heterocycles. The Bertz CT molecular complexity index is 977. The van der Waals surface area contributed by atoms with E-state index in [2.05, 4.69) is 16.0 Å². The molecule has 0 atom stereocenters. The molecule has 0 spiro atoms. The molecule has 0 radical (unpaired) electrons. The lowest BCUT2D eigenvalue weighted by Crippen LogP contribution is -2.36. The molecular formula is C21H22N4O2. The van der Waals surface area contributed by atoms with Crippen LogP contribution in [0.25, 0.3) is 22.2 Å². The smallest absolute Gasteiger partial charge is 0.253 e. The van der Waals surface area contributed by atoms with Crippen LogP contribution in [0.15, 0.2) is 48.8 Å². The van der Waals surface area contributed by atoms with Crippen molar-refractivity contribution in [2.45, 2.75) is 13.3 Å². The van der Waals surface area contributed by atoms with E-state index in [1.807, 2.05) is 46.2 Å². The zero-order valence-electron chi connectivity index (χ0n) is 15.3. The largest absolute Gasteiger partial charge is 0.345 e. The number of aromatic amines is 1. The molecule has 4 rings (SSSR count). The molecule has 1 aliphatic rings. The molecule has 2 heterocycles. The van der Waals surface area contributed by atoms with Gasteiger partial charge in [0.15, 0.2) is 0 Å². The number of hydrogen-bond donors (Lipinski definition) is 1. The van der Waals surface area contributed by atoms with Crippen molar-refractivity contribution >= 4 is 22.8 Å². The summed E-state index contributed by atoms with van der Waals surface area (Å²) in [5.74, 6) is 0.0962. The number of H-pyrrole nitrogens is 1. The van der Waals surface area contributed by atoms with Gasteiger partial charge in [0.05, 0.1) is 17.4 Å². The van der Waals surface area contributed by atoms with Gasteiger partial charge in [-0.2, -0.15) is 0 Å². The summed E-state index contributed by atoms with van der Waals surface area (Å²) in [6.45, 7) is 4.16. The Balaban J connectivity index is 1.49. The number of nitrogens with one attached hydrogen (secondary N) is 1. The Morgan fingerprint density at radius 1 is 0.926 bits per heavy atom. The number of amides is 2. The van der Waals surface area contributed by atoms with Crippen molar-refractivity contribution in [2.24, 2.45) is 0 Å². The predicted molar refractivity (Wildman–Crippen MR) is 104 cm³/mol. The summed E-state index contributed by atoms with van der Waals surface area (Å²) in [6.07, 6.45) is 2.50. The number of nitrogens with zero attached hydrogens (tertiary/aromatic N) is 3. The van der Waals surface area contributed by atoms with Crippen molar-refractivity contribution in [2.75, 3.05) is 26.2 Å².